The Morgan fingerprint density at radius 2 is 1.59 bits per heavy atom. The van der Waals surface area contributed by atoms with E-state index in [0.29, 0.717) is 11.1 Å². The van der Waals surface area contributed by atoms with E-state index < -0.39 is 0 Å². The lowest BCUT2D eigenvalue weighted by atomic mass is 9.87. The van der Waals surface area contributed by atoms with Crippen molar-refractivity contribution in [1.29, 1.82) is 0 Å². The van der Waals surface area contributed by atoms with E-state index in [-0.39, 0.29) is 5.43 Å². The molecule has 4 rings (SSSR count). The lowest BCUT2D eigenvalue weighted by Crippen LogP contribution is -2.12. The molecule has 1 aliphatic rings. The van der Waals surface area contributed by atoms with Gasteiger partial charge in [-0.25, -0.2) is 0 Å². The van der Waals surface area contributed by atoms with Gasteiger partial charge in [-0.3, -0.25) is 4.79 Å². The zero-order valence-electron chi connectivity index (χ0n) is 17.1. The maximum Gasteiger partial charge on any atom is 0.197 e. The zero-order valence-corrected chi connectivity index (χ0v) is 17.1. The van der Waals surface area contributed by atoms with E-state index in [9.17, 15) is 4.79 Å². The monoisotopic (exact) mass is 387 g/mol. The number of aryl methyl sites for hydroxylation is 1. The smallest absolute Gasteiger partial charge is 0.197 e. The van der Waals surface area contributed by atoms with Crippen LogP contribution in [0.4, 0.5) is 0 Å². The molecule has 0 saturated heterocycles. The fourth-order valence-electron chi connectivity index (χ4n) is 4.31. The van der Waals surface area contributed by atoms with Gasteiger partial charge in [0.25, 0.3) is 0 Å². The molecule has 29 heavy (non-hydrogen) atoms. The van der Waals surface area contributed by atoms with Gasteiger partial charge in [-0.05, 0) is 35.6 Å². The van der Waals surface area contributed by atoms with Gasteiger partial charge in [0.1, 0.15) is 5.75 Å². The summed E-state index contributed by atoms with van der Waals surface area (Å²) in [7, 11) is 1.96. The standard InChI is InChI=1S/C26H29NO2/c1-27-18-24(21-11-6-3-7-12-21)26(28)25(19-27)22-13-8-14-23(17-22)29-16-15-20-9-4-2-5-10-20/h3,6-8,11-14,17-20H,2,4-5,9-10,15-16H2,1H3. The minimum Gasteiger partial charge on any atom is -0.494 e. The number of aromatic nitrogens is 1. The number of hydrogen-bond acceptors (Lipinski definition) is 2. The summed E-state index contributed by atoms with van der Waals surface area (Å²) in [5.41, 5.74) is 3.31. The Kier molecular flexibility index (Phi) is 6.14. The molecular weight excluding hydrogens is 358 g/mol. The summed E-state index contributed by atoms with van der Waals surface area (Å²) in [4.78, 5) is 13.2. The first-order chi connectivity index (χ1) is 14.2. The van der Waals surface area contributed by atoms with Crippen molar-refractivity contribution in [2.24, 2.45) is 13.0 Å². The number of hydrogen-bond donors (Lipinski definition) is 0. The van der Waals surface area contributed by atoms with E-state index in [1.54, 1.807) is 0 Å². The Hall–Kier alpha value is -2.81. The van der Waals surface area contributed by atoms with Crippen molar-refractivity contribution in [3.8, 4) is 28.0 Å². The van der Waals surface area contributed by atoms with Crippen molar-refractivity contribution < 1.29 is 4.74 Å². The van der Waals surface area contributed by atoms with Crippen molar-refractivity contribution in [3.63, 3.8) is 0 Å². The highest BCUT2D eigenvalue weighted by Crippen LogP contribution is 2.27. The fourth-order valence-corrected chi connectivity index (χ4v) is 4.31. The largest absolute Gasteiger partial charge is 0.494 e. The van der Waals surface area contributed by atoms with Crippen LogP contribution in [0.3, 0.4) is 0 Å². The molecule has 1 heterocycles. The van der Waals surface area contributed by atoms with Crippen LogP contribution in [0.25, 0.3) is 22.3 Å². The van der Waals surface area contributed by atoms with Gasteiger partial charge >= 0.3 is 0 Å². The molecule has 1 aromatic heterocycles. The quantitative estimate of drug-likeness (QED) is 0.514. The molecule has 150 valence electrons. The molecule has 0 unspecified atom stereocenters. The second kappa shape index (κ2) is 9.13. The highest BCUT2D eigenvalue weighted by molar-refractivity contribution is 5.72. The van der Waals surface area contributed by atoms with E-state index in [0.717, 1.165) is 35.8 Å². The van der Waals surface area contributed by atoms with Crippen LogP contribution >= 0.6 is 0 Å². The van der Waals surface area contributed by atoms with Crippen LogP contribution in [0.1, 0.15) is 38.5 Å². The Morgan fingerprint density at radius 3 is 2.34 bits per heavy atom. The van der Waals surface area contributed by atoms with Gasteiger partial charge in [-0.1, -0.05) is 74.6 Å². The number of benzene rings is 2. The molecule has 3 heteroatoms. The Balaban J connectivity index is 1.55. The summed E-state index contributed by atoms with van der Waals surface area (Å²) in [6.45, 7) is 0.746. The third kappa shape index (κ3) is 4.79. The molecule has 0 radical (unpaired) electrons. The normalized spacial score (nSPS) is 14.7. The minimum atomic E-state index is 0.0497. The lowest BCUT2D eigenvalue weighted by molar-refractivity contribution is 0.246. The maximum atomic E-state index is 13.2. The van der Waals surface area contributed by atoms with E-state index >= 15 is 0 Å². The molecule has 3 aromatic rings. The average Bonchev–Trinajstić information content (AvgIpc) is 2.77. The summed E-state index contributed by atoms with van der Waals surface area (Å²) < 4.78 is 8.00. The number of pyridine rings is 1. The number of ether oxygens (including phenoxy) is 1. The summed E-state index contributed by atoms with van der Waals surface area (Å²) in [5, 5.41) is 0. The predicted molar refractivity (Wildman–Crippen MR) is 119 cm³/mol. The lowest BCUT2D eigenvalue weighted by Gasteiger charge is -2.21. The van der Waals surface area contributed by atoms with Crippen LogP contribution in [-0.2, 0) is 7.05 Å². The summed E-state index contributed by atoms with van der Waals surface area (Å²) in [5.74, 6) is 1.65. The second-order valence-electron chi connectivity index (χ2n) is 8.12. The molecule has 0 bridgehead atoms. The highest BCUT2D eigenvalue weighted by atomic mass is 16.5. The topological polar surface area (TPSA) is 31.2 Å². The predicted octanol–water partition coefficient (Wildman–Crippen LogP) is 6.07. The van der Waals surface area contributed by atoms with Crippen molar-refractivity contribution in [2.45, 2.75) is 38.5 Å². The van der Waals surface area contributed by atoms with Gasteiger partial charge in [-0.15, -0.1) is 0 Å². The van der Waals surface area contributed by atoms with Crippen LogP contribution in [0.2, 0.25) is 0 Å². The van der Waals surface area contributed by atoms with Gasteiger partial charge in [0.2, 0.25) is 0 Å². The third-order valence-electron chi connectivity index (χ3n) is 5.90. The Morgan fingerprint density at radius 1 is 0.897 bits per heavy atom. The molecule has 0 aliphatic heterocycles. The molecule has 1 fully saturated rings. The van der Waals surface area contributed by atoms with Crippen molar-refractivity contribution in [3.05, 3.63) is 77.2 Å². The SMILES string of the molecule is Cn1cc(-c2ccccc2)c(=O)c(-c2cccc(OCCC3CCCCC3)c2)c1. The summed E-state index contributed by atoms with van der Waals surface area (Å²) in [6, 6.07) is 17.8. The van der Waals surface area contributed by atoms with E-state index in [1.165, 1.54) is 32.1 Å². The molecule has 0 atom stereocenters. The first kappa shape index (κ1) is 19.5. The molecule has 0 spiro atoms. The van der Waals surface area contributed by atoms with Gasteiger partial charge < -0.3 is 9.30 Å². The second-order valence-corrected chi connectivity index (χ2v) is 8.12. The molecule has 0 amide bonds. The Bertz CT molecular complexity index is 1000. The van der Waals surface area contributed by atoms with Crippen molar-refractivity contribution in [2.75, 3.05) is 6.61 Å². The first-order valence-electron chi connectivity index (χ1n) is 10.7. The van der Waals surface area contributed by atoms with Gasteiger partial charge in [0, 0.05) is 30.6 Å². The maximum absolute atomic E-state index is 13.2. The third-order valence-corrected chi connectivity index (χ3v) is 5.90. The van der Waals surface area contributed by atoms with Crippen LogP contribution in [-0.4, -0.2) is 11.2 Å². The Labute approximate surface area is 173 Å². The number of nitrogens with zero attached hydrogens (tertiary/aromatic N) is 1. The van der Waals surface area contributed by atoms with Crippen LogP contribution in [0.15, 0.2) is 71.8 Å². The zero-order chi connectivity index (χ0) is 20.1. The fraction of sp³-hybridized carbons (Fsp3) is 0.346. The minimum absolute atomic E-state index is 0.0497. The molecule has 1 aliphatic carbocycles. The van der Waals surface area contributed by atoms with Gasteiger partial charge in [-0.2, -0.15) is 0 Å². The van der Waals surface area contributed by atoms with Crippen molar-refractivity contribution in [1.82, 2.24) is 4.57 Å². The van der Waals surface area contributed by atoms with Crippen molar-refractivity contribution >= 4 is 0 Å². The highest BCUT2D eigenvalue weighted by Gasteiger charge is 2.14. The molecule has 2 aromatic carbocycles. The van der Waals surface area contributed by atoms with Crippen LogP contribution in [0, 0.1) is 5.92 Å². The summed E-state index contributed by atoms with van der Waals surface area (Å²) in [6.07, 6.45) is 11.7. The number of rotatable bonds is 6. The van der Waals surface area contributed by atoms with Crippen LogP contribution < -0.4 is 10.2 Å². The first-order valence-corrected chi connectivity index (χ1v) is 10.7. The molecule has 0 N–H and O–H groups in total. The van der Waals surface area contributed by atoms with Gasteiger partial charge in [0.05, 0.1) is 6.61 Å². The average molecular weight is 388 g/mol. The molecule has 1 saturated carbocycles. The van der Waals surface area contributed by atoms with Crippen LogP contribution in [0.5, 0.6) is 5.75 Å². The summed E-state index contributed by atoms with van der Waals surface area (Å²) >= 11 is 0. The van der Waals surface area contributed by atoms with Gasteiger partial charge in [0.15, 0.2) is 5.43 Å². The molecule has 3 nitrogen and oxygen atoms in total. The van der Waals surface area contributed by atoms with E-state index in [1.807, 2.05) is 78.6 Å². The molecular formula is C26H29NO2. The van der Waals surface area contributed by atoms with E-state index in [4.69, 9.17) is 4.74 Å². The van der Waals surface area contributed by atoms with E-state index in [2.05, 4.69) is 0 Å².